The molecule has 1 saturated heterocycles. The molecular weight excluding hydrogens is 286 g/mol. The van der Waals surface area contributed by atoms with Gasteiger partial charge < -0.3 is 4.90 Å². The number of alkyl halides is 1. The van der Waals surface area contributed by atoms with E-state index in [0.717, 1.165) is 10.7 Å². The third kappa shape index (κ3) is 7.13. The number of piperidine rings is 1. The SMILES string of the molecule is CCCCCCCCCCN1CCC(C)C(Br)C1. The highest BCUT2D eigenvalue weighted by atomic mass is 79.9. The Morgan fingerprint density at radius 3 is 2.22 bits per heavy atom. The predicted octanol–water partition coefficient (Wildman–Crippen LogP) is 5.23. The quantitative estimate of drug-likeness (QED) is 0.415. The molecule has 1 fully saturated rings. The van der Waals surface area contributed by atoms with Gasteiger partial charge in [-0.3, -0.25) is 0 Å². The molecule has 1 aliphatic heterocycles. The first-order valence-corrected chi connectivity index (χ1v) is 9.02. The van der Waals surface area contributed by atoms with Gasteiger partial charge in [-0.15, -0.1) is 0 Å². The van der Waals surface area contributed by atoms with E-state index in [-0.39, 0.29) is 0 Å². The normalized spacial score (nSPS) is 25.5. The average Bonchev–Trinajstić information content (AvgIpc) is 2.37. The molecule has 0 radical (unpaired) electrons. The largest absolute Gasteiger partial charge is 0.302 e. The third-order valence-corrected chi connectivity index (χ3v) is 5.47. The van der Waals surface area contributed by atoms with Crippen LogP contribution in [-0.2, 0) is 0 Å². The molecule has 2 heteroatoms. The summed E-state index contributed by atoms with van der Waals surface area (Å²) in [4.78, 5) is 3.37. The number of unbranched alkanes of at least 4 members (excludes halogenated alkanes) is 7. The number of hydrogen-bond donors (Lipinski definition) is 0. The fourth-order valence-electron chi connectivity index (χ4n) is 2.76. The molecule has 0 N–H and O–H groups in total. The summed E-state index contributed by atoms with van der Waals surface area (Å²) < 4.78 is 0. The highest BCUT2D eigenvalue weighted by Crippen LogP contribution is 2.23. The van der Waals surface area contributed by atoms with Gasteiger partial charge >= 0.3 is 0 Å². The standard InChI is InChI=1S/C16H32BrN/c1-3-4-5-6-7-8-9-10-12-18-13-11-15(2)16(17)14-18/h15-16H,3-14H2,1-2H3. The topological polar surface area (TPSA) is 3.24 Å². The molecule has 108 valence electrons. The van der Waals surface area contributed by atoms with Crippen LogP contribution in [0.2, 0.25) is 0 Å². The maximum Gasteiger partial charge on any atom is 0.0299 e. The van der Waals surface area contributed by atoms with Gasteiger partial charge in [-0.1, -0.05) is 74.7 Å². The van der Waals surface area contributed by atoms with Gasteiger partial charge in [-0.2, -0.15) is 0 Å². The molecule has 0 aromatic heterocycles. The van der Waals surface area contributed by atoms with Crippen molar-refractivity contribution in [1.29, 1.82) is 0 Å². The lowest BCUT2D eigenvalue weighted by Crippen LogP contribution is -2.40. The van der Waals surface area contributed by atoms with E-state index in [9.17, 15) is 0 Å². The van der Waals surface area contributed by atoms with Crippen LogP contribution in [0.3, 0.4) is 0 Å². The third-order valence-electron chi connectivity index (χ3n) is 4.28. The van der Waals surface area contributed by atoms with E-state index in [2.05, 4.69) is 34.7 Å². The van der Waals surface area contributed by atoms with Crippen molar-refractivity contribution in [3.63, 3.8) is 0 Å². The van der Waals surface area contributed by atoms with E-state index in [0.29, 0.717) is 0 Å². The van der Waals surface area contributed by atoms with Crippen molar-refractivity contribution in [3.8, 4) is 0 Å². The molecule has 0 bridgehead atoms. The summed E-state index contributed by atoms with van der Waals surface area (Å²) in [6.07, 6.45) is 12.8. The highest BCUT2D eigenvalue weighted by Gasteiger charge is 2.23. The molecule has 18 heavy (non-hydrogen) atoms. The minimum Gasteiger partial charge on any atom is -0.302 e. The van der Waals surface area contributed by atoms with Gasteiger partial charge in [0.1, 0.15) is 0 Å². The summed E-state index contributed by atoms with van der Waals surface area (Å²) in [6, 6.07) is 0. The van der Waals surface area contributed by atoms with Crippen LogP contribution in [0.4, 0.5) is 0 Å². The Hall–Kier alpha value is 0.440. The van der Waals surface area contributed by atoms with Crippen LogP contribution in [0, 0.1) is 5.92 Å². The number of halogens is 1. The van der Waals surface area contributed by atoms with E-state index in [1.54, 1.807) is 0 Å². The van der Waals surface area contributed by atoms with Crippen LogP contribution in [0.25, 0.3) is 0 Å². The van der Waals surface area contributed by atoms with Gasteiger partial charge in [-0.05, 0) is 31.8 Å². The molecule has 2 atom stereocenters. The summed E-state index contributed by atoms with van der Waals surface area (Å²) in [5, 5.41) is 0. The van der Waals surface area contributed by atoms with Crippen molar-refractivity contribution in [3.05, 3.63) is 0 Å². The van der Waals surface area contributed by atoms with Crippen molar-refractivity contribution in [2.75, 3.05) is 19.6 Å². The average molecular weight is 318 g/mol. The Morgan fingerprint density at radius 2 is 1.61 bits per heavy atom. The molecule has 1 rings (SSSR count). The molecule has 0 spiro atoms. The zero-order chi connectivity index (χ0) is 13.2. The molecule has 0 aliphatic carbocycles. The smallest absolute Gasteiger partial charge is 0.0299 e. The molecule has 2 unspecified atom stereocenters. The second kappa shape index (κ2) is 10.3. The van der Waals surface area contributed by atoms with Gasteiger partial charge in [0.05, 0.1) is 0 Å². The van der Waals surface area contributed by atoms with Crippen molar-refractivity contribution in [2.24, 2.45) is 5.92 Å². The fourth-order valence-corrected chi connectivity index (χ4v) is 3.43. The van der Waals surface area contributed by atoms with Crippen LogP contribution in [0.15, 0.2) is 0 Å². The maximum absolute atomic E-state index is 3.81. The van der Waals surface area contributed by atoms with Gasteiger partial charge in [-0.25, -0.2) is 0 Å². The first-order valence-electron chi connectivity index (χ1n) is 8.10. The highest BCUT2D eigenvalue weighted by molar-refractivity contribution is 9.09. The lowest BCUT2D eigenvalue weighted by atomic mass is 9.99. The number of hydrogen-bond acceptors (Lipinski definition) is 1. The summed E-state index contributed by atoms with van der Waals surface area (Å²) >= 11 is 3.81. The molecule has 0 amide bonds. The summed E-state index contributed by atoms with van der Waals surface area (Å²) in [6.45, 7) is 8.56. The second-order valence-corrected chi connectivity index (χ2v) is 7.23. The Labute approximate surface area is 123 Å². The lowest BCUT2D eigenvalue weighted by Gasteiger charge is -2.34. The Balaban J connectivity index is 1.89. The van der Waals surface area contributed by atoms with E-state index >= 15 is 0 Å². The molecule has 0 aromatic rings. The van der Waals surface area contributed by atoms with E-state index in [1.165, 1.54) is 77.4 Å². The minimum absolute atomic E-state index is 0.722. The van der Waals surface area contributed by atoms with Crippen LogP contribution in [0.1, 0.15) is 71.6 Å². The lowest BCUT2D eigenvalue weighted by molar-refractivity contribution is 0.197. The number of likely N-dealkylation sites (tertiary alicyclic amines) is 1. The Morgan fingerprint density at radius 1 is 1.00 bits per heavy atom. The first-order chi connectivity index (χ1) is 8.74. The molecule has 1 nitrogen and oxygen atoms in total. The van der Waals surface area contributed by atoms with Crippen molar-refractivity contribution >= 4 is 15.9 Å². The van der Waals surface area contributed by atoms with Gasteiger partial charge in [0.2, 0.25) is 0 Å². The fraction of sp³-hybridized carbons (Fsp3) is 1.00. The zero-order valence-electron chi connectivity index (χ0n) is 12.5. The summed E-state index contributed by atoms with van der Waals surface area (Å²) in [7, 11) is 0. The van der Waals surface area contributed by atoms with Crippen molar-refractivity contribution < 1.29 is 0 Å². The molecule has 1 heterocycles. The molecule has 1 aliphatic rings. The van der Waals surface area contributed by atoms with Crippen LogP contribution < -0.4 is 0 Å². The Bertz CT molecular complexity index is 196. The van der Waals surface area contributed by atoms with Crippen LogP contribution in [0.5, 0.6) is 0 Å². The Kier molecular flexibility index (Phi) is 9.40. The second-order valence-electron chi connectivity index (χ2n) is 6.06. The molecule has 0 aromatic carbocycles. The minimum atomic E-state index is 0.722. The summed E-state index contributed by atoms with van der Waals surface area (Å²) in [5.74, 6) is 0.861. The van der Waals surface area contributed by atoms with E-state index in [4.69, 9.17) is 0 Å². The molecule has 0 saturated carbocycles. The number of rotatable bonds is 9. The van der Waals surface area contributed by atoms with E-state index < -0.39 is 0 Å². The van der Waals surface area contributed by atoms with Gasteiger partial charge in [0, 0.05) is 11.4 Å². The van der Waals surface area contributed by atoms with Crippen molar-refractivity contribution in [1.82, 2.24) is 4.90 Å². The molecular formula is C16H32BrN. The predicted molar refractivity (Wildman–Crippen MR) is 85.5 cm³/mol. The van der Waals surface area contributed by atoms with Gasteiger partial charge in [0.25, 0.3) is 0 Å². The maximum atomic E-state index is 3.81. The zero-order valence-corrected chi connectivity index (χ0v) is 14.1. The number of nitrogens with zero attached hydrogens (tertiary/aromatic N) is 1. The van der Waals surface area contributed by atoms with E-state index in [1.807, 2.05) is 0 Å². The summed E-state index contributed by atoms with van der Waals surface area (Å²) in [5.41, 5.74) is 0. The van der Waals surface area contributed by atoms with Crippen LogP contribution >= 0.6 is 15.9 Å². The van der Waals surface area contributed by atoms with Crippen LogP contribution in [-0.4, -0.2) is 29.4 Å². The monoisotopic (exact) mass is 317 g/mol. The van der Waals surface area contributed by atoms with Gasteiger partial charge in [0.15, 0.2) is 0 Å². The van der Waals surface area contributed by atoms with Crippen molar-refractivity contribution in [2.45, 2.75) is 76.5 Å². The first kappa shape index (κ1) is 16.5.